The van der Waals surface area contributed by atoms with E-state index in [0.29, 0.717) is 5.56 Å². The fraction of sp³-hybridized carbons (Fsp3) is 0.368. The summed E-state index contributed by atoms with van der Waals surface area (Å²) in [5, 5.41) is 27.4. The number of allylic oxidation sites excluding steroid dienone is 2. The topological polar surface area (TPSA) is 94.8 Å². The summed E-state index contributed by atoms with van der Waals surface area (Å²) < 4.78 is 0. The summed E-state index contributed by atoms with van der Waals surface area (Å²) in [4.78, 5) is 21.4. The Morgan fingerprint density at radius 3 is 2.58 bits per heavy atom. The van der Waals surface area contributed by atoms with Gasteiger partial charge in [0.05, 0.1) is 12.0 Å². The van der Waals surface area contributed by atoms with Crippen LogP contribution in [-0.2, 0) is 4.79 Å². The van der Waals surface area contributed by atoms with Gasteiger partial charge in [0.25, 0.3) is 0 Å². The summed E-state index contributed by atoms with van der Waals surface area (Å²) in [5.74, 6) is -1.53. The first kappa shape index (κ1) is 19.5. The molecule has 1 aromatic rings. The van der Waals surface area contributed by atoms with Crippen molar-refractivity contribution in [3.8, 4) is 5.75 Å². The third-order valence-electron chi connectivity index (χ3n) is 3.73. The fourth-order valence-corrected chi connectivity index (χ4v) is 2.25. The van der Waals surface area contributed by atoms with E-state index >= 15 is 0 Å². The van der Waals surface area contributed by atoms with Crippen molar-refractivity contribution in [1.29, 1.82) is 0 Å². The van der Waals surface area contributed by atoms with E-state index in [1.165, 1.54) is 18.2 Å². The van der Waals surface area contributed by atoms with E-state index in [1.54, 1.807) is 12.2 Å². The summed E-state index contributed by atoms with van der Waals surface area (Å²) in [7, 11) is 0. The number of aliphatic carboxylic acids is 1. The Morgan fingerprint density at radius 1 is 1.25 bits per heavy atom. The molecule has 24 heavy (non-hydrogen) atoms. The maximum absolute atomic E-state index is 11.0. The van der Waals surface area contributed by atoms with Crippen LogP contribution in [-0.4, -0.2) is 27.3 Å². The first-order valence-corrected chi connectivity index (χ1v) is 7.91. The number of hydrogen-bond acceptors (Lipinski definition) is 3. The lowest BCUT2D eigenvalue weighted by Gasteiger charge is -2.07. The SMILES string of the molecule is C/C(=C/CC(=O)O)CCCC(C)/C=C/c1cc(C(=O)O)ccc1O. The van der Waals surface area contributed by atoms with Crippen LogP contribution >= 0.6 is 0 Å². The molecule has 5 heteroatoms. The zero-order chi connectivity index (χ0) is 18.1. The van der Waals surface area contributed by atoms with E-state index in [4.69, 9.17) is 10.2 Å². The van der Waals surface area contributed by atoms with E-state index in [-0.39, 0.29) is 23.7 Å². The lowest BCUT2D eigenvalue weighted by atomic mass is 9.99. The fourth-order valence-electron chi connectivity index (χ4n) is 2.25. The maximum Gasteiger partial charge on any atom is 0.335 e. The molecule has 0 heterocycles. The Bertz CT molecular complexity index is 643. The van der Waals surface area contributed by atoms with Crippen molar-refractivity contribution in [2.24, 2.45) is 5.92 Å². The van der Waals surface area contributed by atoms with Crippen LogP contribution < -0.4 is 0 Å². The standard InChI is InChI=1S/C19H24O5/c1-13(4-3-5-14(2)7-11-18(21)22)6-8-15-12-16(19(23)24)9-10-17(15)20/h6-10,12-13,20H,3-5,11H2,1-2H3,(H,21,22)(H,23,24)/b8-6+,14-7-. The van der Waals surface area contributed by atoms with Crippen LogP contribution in [0.1, 0.15) is 55.5 Å². The second-order valence-corrected chi connectivity index (χ2v) is 5.96. The summed E-state index contributed by atoms with van der Waals surface area (Å²) in [5.41, 5.74) is 1.69. The molecule has 1 rings (SSSR count). The smallest absolute Gasteiger partial charge is 0.335 e. The Balaban J connectivity index is 2.53. The molecule has 0 spiro atoms. The second-order valence-electron chi connectivity index (χ2n) is 5.96. The van der Waals surface area contributed by atoms with Crippen LogP contribution in [0.2, 0.25) is 0 Å². The summed E-state index contributed by atoms with van der Waals surface area (Å²) in [6.07, 6.45) is 8.18. The van der Waals surface area contributed by atoms with E-state index in [9.17, 15) is 14.7 Å². The van der Waals surface area contributed by atoms with Crippen LogP contribution in [0.5, 0.6) is 5.75 Å². The van der Waals surface area contributed by atoms with Crippen LogP contribution in [0.4, 0.5) is 0 Å². The van der Waals surface area contributed by atoms with Gasteiger partial charge in [-0.25, -0.2) is 4.79 Å². The maximum atomic E-state index is 11.0. The monoisotopic (exact) mass is 332 g/mol. The number of carboxylic acid groups (broad SMARTS) is 2. The number of rotatable bonds is 9. The predicted octanol–water partition coefficient (Wildman–Crippen LogP) is 4.33. The van der Waals surface area contributed by atoms with Crippen LogP contribution in [0, 0.1) is 5.92 Å². The Kier molecular flexibility index (Phi) is 7.75. The Labute approximate surface area is 142 Å². The highest BCUT2D eigenvalue weighted by Gasteiger charge is 2.06. The summed E-state index contributed by atoms with van der Waals surface area (Å²) in [6, 6.07) is 4.19. The number of phenols is 1. The average Bonchev–Trinajstić information content (AvgIpc) is 2.51. The van der Waals surface area contributed by atoms with Gasteiger partial charge in [-0.1, -0.05) is 30.7 Å². The molecular formula is C19H24O5. The van der Waals surface area contributed by atoms with Gasteiger partial charge in [0.2, 0.25) is 0 Å². The quantitative estimate of drug-likeness (QED) is 0.585. The molecular weight excluding hydrogens is 308 g/mol. The van der Waals surface area contributed by atoms with Gasteiger partial charge in [-0.3, -0.25) is 4.79 Å². The van der Waals surface area contributed by atoms with Crippen molar-refractivity contribution >= 4 is 18.0 Å². The normalized spacial score (nSPS) is 13.2. The summed E-state index contributed by atoms with van der Waals surface area (Å²) in [6.45, 7) is 3.98. The molecule has 0 bridgehead atoms. The molecule has 0 saturated heterocycles. The molecule has 1 unspecified atom stereocenters. The zero-order valence-electron chi connectivity index (χ0n) is 14.0. The lowest BCUT2D eigenvalue weighted by Crippen LogP contribution is -1.96. The van der Waals surface area contributed by atoms with E-state index in [2.05, 4.69) is 0 Å². The van der Waals surface area contributed by atoms with Gasteiger partial charge in [0, 0.05) is 5.56 Å². The molecule has 0 amide bonds. The van der Waals surface area contributed by atoms with E-state index < -0.39 is 11.9 Å². The van der Waals surface area contributed by atoms with Gasteiger partial charge in [-0.15, -0.1) is 0 Å². The largest absolute Gasteiger partial charge is 0.507 e. The van der Waals surface area contributed by atoms with Gasteiger partial charge in [-0.2, -0.15) is 0 Å². The molecule has 0 aliphatic heterocycles. The van der Waals surface area contributed by atoms with Gasteiger partial charge < -0.3 is 15.3 Å². The van der Waals surface area contributed by atoms with E-state index in [1.807, 2.05) is 19.9 Å². The highest BCUT2D eigenvalue weighted by molar-refractivity contribution is 5.88. The minimum Gasteiger partial charge on any atom is -0.507 e. The number of aromatic hydroxyl groups is 1. The molecule has 5 nitrogen and oxygen atoms in total. The minimum absolute atomic E-state index is 0.0518. The Hall–Kier alpha value is -2.56. The number of hydrogen-bond donors (Lipinski definition) is 3. The molecule has 1 atom stereocenters. The molecule has 0 saturated carbocycles. The third kappa shape index (κ3) is 7.13. The number of benzene rings is 1. The highest BCUT2D eigenvalue weighted by Crippen LogP contribution is 2.22. The average molecular weight is 332 g/mol. The highest BCUT2D eigenvalue weighted by atomic mass is 16.4. The molecule has 0 aliphatic rings. The van der Waals surface area contributed by atoms with Crippen molar-refractivity contribution in [3.05, 3.63) is 47.1 Å². The van der Waals surface area contributed by atoms with Crippen molar-refractivity contribution in [1.82, 2.24) is 0 Å². The van der Waals surface area contributed by atoms with Gasteiger partial charge in [-0.05, 0) is 50.3 Å². The molecule has 0 radical (unpaired) electrons. The molecule has 0 aromatic heterocycles. The molecule has 130 valence electrons. The van der Waals surface area contributed by atoms with Crippen molar-refractivity contribution in [3.63, 3.8) is 0 Å². The molecule has 0 fully saturated rings. The number of carboxylic acids is 2. The first-order chi connectivity index (χ1) is 11.3. The molecule has 1 aromatic carbocycles. The number of carbonyl (C=O) groups is 2. The molecule has 0 aliphatic carbocycles. The zero-order valence-corrected chi connectivity index (χ0v) is 14.0. The van der Waals surface area contributed by atoms with Crippen molar-refractivity contribution in [2.45, 2.75) is 39.5 Å². The van der Waals surface area contributed by atoms with Crippen LogP contribution in [0.15, 0.2) is 35.9 Å². The first-order valence-electron chi connectivity index (χ1n) is 7.91. The van der Waals surface area contributed by atoms with Crippen LogP contribution in [0.25, 0.3) is 6.08 Å². The van der Waals surface area contributed by atoms with Gasteiger partial charge in [0.15, 0.2) is 0 Å². The van der Waals surface area contributed by atoms with Gasteiger partial charge in [0.1, 0.15) is 5.75 Å². The van der Waals surface area contributed by atoms with Gasteiger partial charge >= 0.3 is 11.9 Å². The molecule has 3 N–H and O–H groups in total. The van der Waals surface area contributed by atoms with Crippen LogP contribution in [0.3, 0.4) is 0 Å². The van der Waals surface area contributed by atoms with Crippen molar-refractivity contribution < 1.29 is 24.9 Å². The minimum atomic E-state index is -1.03. The summed E-state index contributed by atoms with van der Waals surface area (Å²) >= 11 is 0. The number of phenolic OH excluding ortho intramolecular Hbond substituents is 1. The second kappa shape index (κ2) is 9.55. The predicted molar refractivity (Wildman–Crippen MR) is 93.1 cm³/mol. The third-order valence-corrected chi connectivity index (χ3v) is 3.73. The number of aromatic carboxylic acids is 1. The van der Waals surface area contributed by atoms with Crippen molar-refractivity contribution in [2.75, 3.05) is 0 Å². The lowest BCUT2D eigenvalue weighted by molar-refractivity contribution is -0.136. The van der Waals surface area contributed by atoms with E-state index in [0.717, 1.165) is 24.8 Å². The Morgan fingerprint density at radius 2 is 1.96 bits per heavy atom.